The van der Waals surface area contributed by atoms with Crippen molar-refractivity contribution in [2.45, 2.75) is 31.5 Å². The van der Waals surface area contributed by atoms with Crippen molar-refractivity contribution in [1.29, 1.82) is 0 Å². The fraction of sp³-hybridized carbons (Fsp3) is 0.636. The van der Waals surface area contributed by atoms with Gasteiger partial charge in [0.25, 0.3) is 0 Å². The van der Waals surface area contributed by atoms with Crippen LogP contribution in [0, 0.1) is 0 Å². The highest BCUT2D eigenvalue weighted by Gasteiger charge is 2.34. The maximum atomic E-state index is 11.9. The summed E-state index contributed by atoms with van der Waals surface area (Å²) in [6.45, 7) is 1.56. The Kier molecular flexibility index (Phi) is 5.43. The summed E-state index contributed by atoms with van der Waals surface area (Å²) >= 11 is 0. The zero-order valence-corrected chi connectivity index (χ0v) is 10.7. The van der Waals surface area contributed by atoms with Crippen LogP contribution >= 0.6 is 0 Å². The molecule has 0 bridgehead atoms. The van der Waals surface area contributed by atoms with E-state index in [-0.39, 0.29) is 25.0 Å². The molecule has 1 fully saturated rings. The number of hydrogen-bond acceptors (Lipinski definition) is 5. The predicted molar refractivity (Wildman–Crippen MR) is 65.8 cm³/mol. The fourth-order valence-electron chi connectivity index (χ4n) is 1.92. The van der Waals surface area contributed by atoms with Gasteiger partial charge < -0.3 is 26.1 Å². The molecule has 1 aliphatic rings. The number of likely N-dealkylation sites (tertiary alicyclic amines) is 1. The summed E-state index contributed by atoms with van der Waals surface area (Å²) in [6, 6.07) is -1.50. The molecule has 0 spiro atoms. The van der Waals surface area contributed by atoms with Gasteiger partial charge in [0.15, 0.2) is 0 Å². The highest BCUT2D eigenvalue weighted by molar-refractivity contribution is 5.88. The molecule has 106 valence electrons. The monoisotopic (exact) mass is 270 g/mol. The topological polar surface area (TPSA) is 122 Å². The van der Waals surface area contributed by atoms with Crippen LogP contribution in [0.2, 0.25) is 0 Å². The highest BCUT2D eigenvalue weighted by atomic mass is 16.2. The van der Waals surface area contributed by atoms with Crippen LogP contribution in [0.3, 0.4) is 0 Å². The molecule has 1 heterocycles. The molecule has 1 rings (SSSR count). The van der Waals surface area contributed by atoms with Crippen molar-refractivity contribution < 1.29 is 19.2 Å². The number of aldehydes is 1. The molecule has 1 aliphatic heterocycles. The van der Waals surface area contributed by atoms with E-state index in [9.17, 15) is 19.2 Å². The highest BCUT2D eigenvalue weighted by Crippen LogP contribution is 2.15. The number of amides is 3. The maximum Gasteiger partial charge on any atom is 0.242 e. The molecule has 3 atom stereocenters. The van der Waals surface area contributed by atoms with Gasteiger partial charge in [0.1, 0.15) is 6.29 Å². The lowest BCUT2D eigenvalue weighted by atomic mass is 10.2. The van der Waals surface area contributed by atoms with Crippen molar-refractivity contribution in [3.63, 3.8) is 0 Å². The Morgan fingerprint density at radius 3 is 2.68 bits per heavy atom. The van der Waals surface area contributed by atoms with Crippen molar-refractivity contribution in [3.05, 3.63) is 0 Å². The molecule has 3 amide bonds. The summed E-state index contributed by atoms with van der Waals surface area (Å²) in [5, 5.41) is 4.93. The van der Waals surface area contributed by atoms with E-state index in [1.807, 2.05) is 0 Å². The van der Waals surface area contributed by atoms with Crippen LogP contribution < -0.4 is 16.4 Å². The first-order valence-corrected chi connectivity index (χ1v) is 5.97. The van der Waals surface area contributed by atoms with Crippen molar-refractivity contribution >= 4 is 24.5 Å². The Morgan fingerprint density at radius 1 is 1.47 bits per heavy atom. The van der Waals surface area contributed by atoms with E-state index in [0.717, 1.165) is 0 Å². The van der Waals surface area contributed by atoms with Crippen molar-refractivity contribution in [2.75, 3.05) is 13.1 Å². The number of hydrogen-bond donors (Lipinski definition) is 3. The van der Waals surface area contributed by atoms with Crippen LogP contribution in [0.4, 0.5) is 0 Å². The predicted octanol–water partition coefficient (Wildman–Crippen LogP) is -2.64. The van der Waals surface area contributed by atoms with Gasteiger partial charge in [0, 0.05) is 12.6 Å². The third kappa shape index (κ3) is 4.02. The Bertz CT molecular complexity index is 372. The molecule has 0 aliphatic carbocycles. The Morgan fingerprint density at radius 2 is 2.16 bits per heavy atom. The summed E-state index contributed by atoms with van der Waals surface area (Å²) < 4.78 is 0. The Balaban J connectivity index is 2.53. The molecule has 0 aromatic carbocycles. The van der Waals surface area contributed by atoms with Crippen LogP contribution in [0.25, 0.3) is 0 Å². The number of rotatable bonds is 6. The smallest absolute Gasteiger partial charge is 0.242 e. The summed E-state index contributed by atoms with van der Waals surface area (Å²) in [4.78, 5) is 45.7. The molecule has 19 heavy (non-hydrogen) atoms. The van der Waals surface area contributed by atoms with Gasteiger partial charge in [0.2, 0.25) is 18.2 Å². The Labute approximate surface area is 110 Å². The minimum Gasteiger partial charge on any atom is -0.354 e. The number of nitrogens with zero attached hydrogens (tertiary/aromatic N) is 1. The fourth-order valence-corrected chi connectivity index (χ4v) is 1.92. The maximum absolute atomic E-state index is 11.9. The lowest BCUT2D eigenvalue weighted by molar-refractivity contribution is -0.135. The normalized spacial score (nSPS) is 23.6. The van der Waals surface area contributed by atoms with Gasteiger partial charge >= 0.3 is 0 Å². The molecular weight excluding hydrogens is 252 g/mol. The largest absolute Gasteiger partial charge is 0.354 e. The third-order valence-electron chi connectivity index (χ3n) is 2.95. The van der Waals surface area contributed by atoms with E-state index in [1.165, 1.54) is 11.8 Å². The number of nitrogens with one attached hydrogen (secondary N) is 2. The van der Waals surface area contributed by atoms with Crippen LogP contribution in [0.15, 0.2) is 0 Å². The number of nitrogens with two attached hydrogens (primary N) is 1. The Hall–Kier alpha value is -1.96. The summed E-state index contributed by atoms with van der Waals surface area (Å²) in [6.07, 6.45) is 1.59. The molecule has 1 saturated heterocycles. The standard InChI is InChI=1S/C11H18N4O4/c1-7(12)11(19)13-3-10(18)15-4-8(14-6-17)2-9(15)5-16/h5-9H,2-4,12H2,1H3,(H,13,19)(H,14,17). The van der Waals surface area contributed by atoms with E-state index in [0.29, 0.717) is 19.1 Å². The SMILES string of the molecule is CC(N)C(=O)NCC(=O)N1CC(NC=O)CC1C=O. The summed E-state index contributed by atoms with van der Waals surface area (Å²) in [5.74, 6) is -0.806. The summed E-state index contributed by atoms with van der Waals surface area (Å²) in [7, 11) is 0. The van der Waals surface area contributed by atoms with E-state index in [2.05, 4.69) is 10.6 Å². The first kappa shape index (κ1) is 15.1. The first-order chi connectivity index (χ1) is 8.99. The molecule has 8 heteroatoms. The van der Waals surface area contributed by atoms with Gasteiger partial charge in [-0.05, 0) is 13.3 Å². The van der Waals surface area contributed by atoms with Crippen molar-refractivity contribution in [1.82, 2.24) is 15.5 Å². The number of carbonyl (C=O) groups excluding carboxylic acids is 4. The average Bonchev–Trinajstić information content (AvgIpc) is 2.79. The van der Waals surface area contributed by atoms with Gasteiger partial charge in [-0.3, -0.25) is 14.4 Å². The molecule has 0 saturated carbocycles. The van der Waals surface area contributed by atoms with E-state index >= 15 is 0 Å². The quantitative estimate of drug-likeness (QED) is 0.456. The van der Waals surface area contributed by atoms with Gasteiger partial charge in [-0.25, -0.2) is 0 Å². The van der Waals surface area contributed by atoms with Crippen LogP contribution in [-0.4, -0.2) is 60.6 Å². The third-order valence-corrected chi connectivity index (χ3v) is 2.95. The number of carbonyl (C=O) groups is 4. The van der Waals surface area contributed by atoms with Gasteiger partial charge in [0.05, 0.1) is 18.6 Å². The second-order valence-electron chi connectivity index (χ2n) is 4.47. The molecular formula is C11H18N4O4. The van der Waals surface area contributed by atoms with Crippen molar-refractivity contribution in [3.8, 4) is 0 Å². The van der Waals surface area contributed by atoms with Gasteiger partial charge in [-0.2, -0.15) is 0 Å². The minimum absolute atomic E-state index is 0.210. The van der Waals surface area contributed by atoms with E-state index in [4.69, 9.17) is 5.73 Å². The van der Waals surface area contributed by atoms with Crippen molar-refractivity contribution in [2.24, 2.45) is 5.73 Å². The zero-order valence-electron chi connectivity index (χ0n) is 10.7. The molecule has 0 aromatic rings. The first-order valence-electron chi connectivity index (χ1n) is 5.97. The van der Waals surface area contributed by atoms with Gasteiger partial charge in [-0.15, -0.1) is 0 Å². The lowest BCUT2D eigenvalue weighted by Crippen LogP contribution is -2.47. The molecule has 4 N–H and O–H groups in total. The summed E-state index contributed by atoms with van der Waals surface area (Å²) in [5.41, 5.74) is 5.35. The van der Waals surface area contributed by atoms with E-state index < -0.39 is 18.0 Å². The zero-order chi connectivity index (χ0) is 14.4. The van der Waals surface area contributed by atoms with Gasteiger partial charge in [-0.1, -0.05) is 0 Å². The second kappa shape index (κ2) is 6.83. The molecule has 8 nitrogen and oxygen atoms in total. The average molecular weight is 270 g/mol. The lowest BCUT2D eigenvalue weighted by Gasteiger charge is -2.20. The van der Waals surface area contributed by atoms with Crippen LogP contribution in [0.1, 0.15) is 13.3 Å². The second-order valence-corrected chi connectivity index (χ2v) is 4.47. The molecule has 3 unspecified atom stereocenters. The van der Waals surface area contributed by atoms with E-state index in [1.54, 1.807) is 0 Å². The van der Waals surface area contributed by atoms with Crippen LogP contribution in [0.5, 0.6) is 0 Å². The van der Waals surface area contributed by atoms with Crippen LogP contribution in [-0.2, 0) is 19.2 Å². The molecule has 0 aromatic heterocycles. The minimum atomic E-state index is -0.697. The molecule has 0 radical (unpaired) electrons.